The van der Waals surface area contributed by atoms with Gasteiger partial charge in [-0.25, -0.2) is 9.78 Å². The van der Waals surface area contributed by atoms with Crippen molar-refractivity contribution < 1.29 is 14.6 Å². The van der Waals surface area contributed by atoms with Gasteiger partial charge in [0.05, 0.1) is 18.2 Å². The molecule has 2 N–H and O–H groups in total. The molecular weight excluding hydrogens is 256 g/mol. The van der Waals surface area contributed by atoms with Gasteiger partial charge in [0, 0.05) is 5.56 Å². The van der Waals surface area contributed by atoms with Gasteiger partial charge in [0.1, 0.15) is 17.1 Å². The number of methoxy groups -OCH3 is 1. The van der Waals surface area contributed by atoms with E-state index >= 15 is 0 Å². The molecule has 0 radical (unpaired) electrons. The summed E-state index contributed by atoms with van der Waals surface area (Å²) in [4.78, 5) is 19.3. The summed E-state index contributed by atoms with van der Waals surface area (Å²) in [7, 11) is 1.34. The maximum Gasteiger partial charge on any atom is 0.340 e. The topological polar surface area (TPSA) is 75.2 Å². The lowest BCUT2D eigenvalue weighted by Crippen LogP contribution is -2.01. The number of ether oxygens (including phenoxy) is 1. The predicted molar refractivity (Wildman–Crippen MR) is 74.5 cm³/mol. The quantitative estimate of drug-likeness (QED) is 0.701. The van der Waals surface area contributed by atoms with E-state index < -0.39 is 5.97 Å². The largest absolute Gasteiger partial charge is 0.508 e. The number of aromatic hydroxyl groups is 1. The van der Waals surface area contributed by atoms with Crippen molar-refractivity contribution in [2.75, 3.05) is 7.11 Å². The van der Waals surface area contributed by atoms with Crippen LogP contribution in [0.1, 0.15) is 10.4 Å². The number of nitrogens with zero attached hydrogens (tertiary/aromatic N) is 1. The molecule has 0 atom stereocenters. The number of hydrogen-bond acceptors (Lipinski definition) is 4. The number of phenols is 1. The number of carbonyl (C=O) groups is 1. The van der Waals surface area contributed by atoms with Crippen LogP contribution in [0.15, 0.2) is 42.5 Å². The molecule has 0 bridgehead atoms. The highest BCUT2D eigenvalue weighted by Gasteiger charge is 2.14. The van der Waals surface area contributed by atoms with Crippen LogP contribution in [0.25, 0.3) is 22.4 Å². The van der Waals surface area contributed by atoms with Gasteiger partial charge in [-0.3, -0.25) is 0 Å². The molecule has 5 nitrogen and oxygen atoms in total. The molecule has 0 saturated carbocycles. The van der Waals surface area contributed by atoms with E-state index in [2.05, 4.69) is 9.97 Å². The van der Waals surface area contributed by atoms with Crippen LogP contribution in [-0.4, -0.2) is 28.2 Å². The zero-order valence-electron chi connectivity index (χ0n) is 10.8. The Morgan fingerprint density at radius 1 is 1.20 bits per heavy atom. The van der Waals surface area contributed by atoms with Crippen molar-refractivity contribution in [3.8, 4) is 17.1 Å². The number of aromatic nitrogens is 2. The summed E-state index contributed by atoms with van der Waals surface area (Å²) in [5, 5.41) is 9.30. The molecular formula is C15H12N2O3. The summed E-state index contributed by atoms with van der Waals surface area (Å²) in [6.45, 7) is 0. The molecule has 0 spiro atoms. The van der Waals surface area contributed by atoms with E-state index in [4.69, 9.17) is 4.74 Å². The number of carbonyl (C=O) groups excluding carboxylic acids is 1. The van der Waals surface area contributed by atoms with Gasteiger partial charge in [0.15, 0.2) is 0 Å². The van der Waals surface area contributed by atoms with Crippen molar-refractivity contribution in [1.82, 2.24) is 9.97 Å². The molecule has 1 aromatic heterocycles. The Labute approximate surface area is 114 Å². The van der Waals surface area contributed by atoms with Gasteiger partial charge in [-0.1, -0.05) is 6.07 Å². The highest BCUT2D eigenvalue weighted by atomic mass is 16.5. The van der Waals surface area contributed by atoms with E-state index in [0.717, 1.165) is 11.1 Å². The highest BCUT2D eigenvalue weighted by molar-refractivity contribution is 6.02. The number of fused-ring (bicyclic) bond motifs is 1. The molecule has 0 amide bonds. The van der Waals surface area contributed by atoms with Crippen molar-refractivity contribution in [1.29, 1.82) is 0 Å². The predicted octanol–water partition coefficient (Wildman–Crippen LogP) is 2.72. The van der Waals surface area contributed by atoms with E-state index in [1.165, 1.54) is 7.11 Å². The molecule has 20 heavy (non-hydrogen) atoms. The van der Waals surface area contributed by atoms with Crippen LogP contribution in [0.4, 0.5) is 0 Å². The number of nitrogens with one attached hydrogen (secondary N) is 1. The summed E-state index contributed by atoms with van der Waals surface area (Å²) >= 11 is 0. The van der Waals surface area contributed by atoms with Crippen LogP contribution in [0.2, 0.25) is 0 Å². The van der Waals surface area contributed by atoms with Gasteiger partial charge < -0.3 is 14.8 Å². The van der Waals surface area contributed by atoms with E-state index in [0.29, 0.717) is 16.9 Å². The van der Waals surface area contributed by atoms with E-state index in [9.17, 15) is 9.90 Å². The monoisotopic (exact) mass is 268 g/mol. The molecule has 5 heteroatoms. The second-order valence-electron chi connectivity index (χ2n) is 4.33. The number of imidazole rings is 1. The zero-order valence-corrected chi connectivity index (χ0v) is 10.8. The summed E-state index contributed by atoms with van der Waals surface area (Å²) in [5.74, 6) is 0.413. The fourth-order valence-corrected chi connectivity index (χ4v) is 2.06. The van der Waals surface area contributed by atoms with Crippen molar-refractivity contribution in [2.45, 2.75) is 0 Å². The maximum atomic E-state index is 11.7. The van der Waals surface area contributed by atoms with E-state index in [1.54, 1.807) is 36.4 Å². The number of para-hydroxylation sites is 1. The minimum Gasteiger partial charge on any atom is -0.508 e. The lowest BCUT2D eigenvalue weighted by molar-refractivity contribution is 0.0603. The molecule has 1 heterocycles. The number of esters is 1. The normalized spacial score (nSPS) is 10.7. The number of H-pyrrole nitrogens is 1. The lowest BCUT2D eigenvalue weighted by atomic mass is 10.2. The first kappa shape index (κ1) is 12.2. The average molecular weight is 268 g/mol. The number of benzene rings is 2. The Balaban J connectivity index is 2.15. The van der Waals surface area contributed by atoms with Gasteiger partial charge in [0.2, 0.25) is 0 Å². The number of rotatable bonds is 2. The Hall–Kier alpha value is -2.82. The first-order chi connectivity index (χ1) is 9.69. The molecule has 0 aliphatic carbocycles. The Kier molecular flexibility index (Phi) is 2.87. The van der Waals surface area contributed by atoms with Gasteiger partial charge in [-0.15, -0.1) is 0 Å². The molecule has 0 aliphatic rings. The average Bonchev–Trinajstić information content (AvgIpc) is 2.91. The van der Waals surface area contributed by atoms with Crippen LogP contribution in [-0.2, 0) is 4.74 Å². The van der Waals surface area contributed by atoms with Crippen molar-refractivity contribution in [2.24, 2.45) is 0 Å². The van der Waals surface area contributed by atoms with E-state index in [-0.39, 0.29) is 5.75 Å². The third-order valence-electron chi connectivity index (χ3n) is 3.06. The molecule has 100 valence electrons. The molecule has 0 aliphatic heterocycles. The van der Waals surface area contributed by atoms with Gasteiger partial charge in [-0.05, 0) is 36.4 Å². The minimum atomic E-state index is -0.417. The summed E-state index contributed by atoms with van der Waals surface area (Å²) < 4.78 is 4.75. The smallest absolute Gasteiger partial charge is 0.340 e. The molecule has 3 rings (SSSR count). The van der Waals surface area contributed by atoms with Crippen molar-refractivity contribution in [3.05, 3.63) is 48.0 Å². The van der Waals surface area contributed by atoms with Gasteiger partial charge in [0.25, 0.3) is 0 Å². The molecule has 0 fully saturated rings. The van der Waals surface area contributed by atoms with Crippen LogP contribution in [0.5, 0.6) is 5.75 Å². The zero-order chi connectivity index (χ0) is 14.1. The molecule has 3 aromatic rings. The SMILES string of the molecule is COC(=O)c1cccc2[nH]c(-c3ccc(O)cc3)nc12. The van der Waals surface area contributed by atoms with Crippen molar-refractivity contribution >= 4 is 17.0 Å². The first-order valence-electron chi connectivity index (χ1n) is 6.05. The maximum absolute atomic E-state index is 11.7. The van der Waals surface area contributed by atoms with Crippen LogP contribution in [0, 0.1) is 0 Å². The minimum absolute atomic E-state index is 0.195. The van der Waals surface area contributed by atoms with E-state index in [1.807, 2.05) is 6.07 Å². The molecule has 2 aromatic carbocycles. The molecule has 0 saturated heterocycles. The molecule has 0 unspecified atom stereocenters. The first-order valence-corrected chi connectivity index (χ1v) is 6.05. The summed E-state index contributed by atoms with van der Waals surface area (Å²) in [6, 6.07) is 12.0. The second kappa shape index (κ2) is 4.70. The number of aromatic amines is 1. The number of hydrogen-bond donors (Lipinski definition) is 2. The summed E-state index contributed by atoms with van der Waals surface area (Å²) in [6.07, 6.45) is 0. The fraction of sp³-hybridized carbons (Fsp3) is 0.0667. The third kappa shape index (κ3) is 1.99. The highest BCUT2D eigenvalue weighted by Crippen LogP contribution is 2.24. The standard InChI is InChI=1S/C15H12N2O3/c1-20-15(19)11-3-2-4-12-13(11)17-14(16-12)9-5-7-10(18)8-6-9/h2-8,18H,1H3,(H,16,17). The van der Waals surface area contributed by atoms with Crippen LogP contribution in [0.3, 0.4) is 0 Å². The van der Waals surface area contributed by atoms with Crippen LogP contribution < -0.4 is 0 Å². The summed E-state index contributed by atoms with van der Waals surface area (Å²) in [5.41, 5.74) is 2.58. The Bertz CT molecular complexity index is 775. The third-order valence-corrected chi connectivity index (χ3v) is 3.06. The number of phenolic OH excluding ortho intramolecular Hbond substituents is 1. The second-order valence-corrected chi connectivity index (χ2v) is 4.33. The Morgan fingerprint density at radius 3 is 2.65 bits per heavy atom. The Morgan fingerprint density at radius 2 is 1.95 bits per heavy atom. The van der Waals surface area contributed by atoms with Crippen molar-refractivity contribution in [3.63, 3.8) is 0 Å². The van der Waals surface area contributed by atoms with Crippen LogP contribution >= 0.6 is 0 Å². The fourth-order valence-electron chi connectivity index (χ4n) is 2.06. The van der Waals surface area contributed by atoms with Gasteiger partial charge >= 0.3 is 5.97 Å². The van der Waals surface area contributed by atoms with Gasteiger partial charge in [-0.2, -0.15) is 0 Å². The lowest BCUT2D eigenvalue weighted by Gasteiger charge is -1.98.